The van der Waals surface area contributed by atoms with Crippen molar-refractivity contribution in [2.24, 2.45) is 0 Å². The van der Waals surface area contributed by atoms with E-state index in [1.807, 2.05) is 42.5 Å². The summed E-state index contributed by atoms with van der Waals surface area (Å²) < 4.78 is 18.3. The molecule has 3 aromatic carbocycles. The maximum absolute atomic E-state index is 11.9. The Morgan fingerprint density at radius 1 is 1.03 bits per heavy atom. The maximum Gasteiger partial charge on any atom is 0.347 e. The van der Waals surface area contributed by atoms with Crippen LogP contribution in [0.15, 0.2) is 72.8 Å². The number of carbonyl (C=O) groups is 1. The highest BCUT2D eigenvalue weighted by atomic mass is 35.5. The van der Waals surface area contributed by atoms with E-state index >= 15 is 0 Å². The zero-order valence-electron chi connectivity index (χ0n) is 17.9. The Hall–Kier alpha value is -3.13. The van der Waals surface area contributed by atoms with Gasteiger partial charge in [0.1, 0.15) is 11.5 Å². The molecular formula is C25H22ClNO5S. The van der Waals surface area contributed by atoms with Gasteiger partial charge in [-0.3, -0.25) is 0 Å². The number of hydrogen-bond donors (Lipinski definition) is 1. The fourth-order valence-electron chi connectivity index (χ4n) is 3.10. The van der Waals surface area contributed by atoms with E-state index in [2.05, 4.69) is 4.98 Å². The predicted molar refractivity (Wildman–Crippen MR) is 129 cm³/mol. The van der Waals surface area contributed by atoms with Crippen molar-refractivity contribution >= 4 is 39.1 Å². The summed E-state index contributed by atoms with van der Waals surface area (Å²) in [5.74, 6) is -0.0668. The van der Waals surface area contributed by atoms with E-state index in [9.17, 15) is 9.90 Å². The third-order valence-electron chi connectivity index (χ3n) is 5.04. The molecule has 0 spiro atoms. The van der Waals surface area contributed by atoms with Gasteiger partial charge in [-0.05, 0) is 55.0 Å². The van der Waals surface area contributed by atoms with Crippen LogP contribution in [-0.4, -0.2) is 28.3 Å². The SMILES string of the molecule is CC(CCOCc1ccccc1Cl)(Oc1ccc(Oc2nc3ccccc3s2)cc1)C(=O)O. The highest BCUT2D eigenvalue weighted by molar-refractivity contribution is 7.20. The normalized spacial score (nSPS) is 12.9. The largest absolute Gasteiger partial charge is 0.478 e. The number of rotatable bonds is 10. The Labute approximate surface area is 200 Å². The second-order valence-electron chi connectivity index (χ2n) is 7.55. The van der Waals surface area contributed by atoms with Crippen LogP contribution in [0.25, 0.3) is 10.2 Å². The van der Waals surface area contributed by atoms with Gasteiger partial charge in [-0.25, -0.2) is 9.78 Å². The molecule has 0 saturated heterocycles. The summed E-state index contributed by atoms with van der Waals surface area (Å²) in [6.07, 6.45) is 0.163. The molecule has 4 rings (SSSR count). The molecule has 1 heterocycles. The van der Waals surface area contributed by atoms with Gasteiger partial charge in [0.2, 0.25) is 5.60 Å². The number of hydrogen-bond acceptors (Lipinski definition) is 6. The number of para-hydroxylation sites is 1. The smallest absolute Gasteiger partial charge is 0.347 e. The number of ether oxygens (including phenoxy) is 3. The zero-order valence-corrected chi connectivity index (χ0v) is 19.4. The molecule has 1 aromatic heterocycles. The minimum absolute atomic E-state index is 0.163. The number of aliphatic carboxylic acids is 1. The standard InChI is InChI=1S/C25H22ClNO5S/c1-25(23(28)29,14-15-30-16-17-6-2-3-7-20(17)26)32-19-12-10-18(11-13-19)31-24-27-21-8-4-5-9-22(21)33-24/h2-13H,14-16H2,1H3,(H,28,29). The van der Waals surface area contributed by atoms with Crippen LogP contribution in [0.5, 0.6) is 16.7 Å². The van der Waals surface area contributed by atoms with Crippen molar-refractivity contribution in [3.05, 3.63) is 83.4 Å². The van der Waals surface area contributed by atoms with Crippen LogP contribution in [0.1, 0.15) is 18.9 Å². The fraction of sp³-hybridized carbons (Fsp3) is 0.200. The molecule has 1 unspecified atom stereocenters. The van der Waals surface area contributed by atoms with E-state index in [4.69, 9.17) is 25.8 Å². The molecule has 0 bridgehead atoms. The Morgan fingerprint density at radius 2 is 1.73 bits per heavy atom. The monoisotopic (exact) mass is 483 g/mol. The molecule has 0 aliphatic heterocycles. The van der Waals surface area contributed by atoms with Crippen molar-refractivity contribution in [1.82, 2.24) is 4.98 Å². The Morgan fingerprint density at radius 3 is 2.45 bits per heavy atom. The highest BCUT2D eigenvalue weighted by Gasteiger charge is 2.35. The van der Waals surface area contributed by atoms with Gasteiger partial charge in [-0.1, -0.05) is 53.3 Å². The number of carboxylic acids is 1. The van der Waals surface area contributed by atoms with Gasteiger partial charge in [0, 0.05) is 11.4 Å². The predicted octanol–water partition coefficient (Wildman–Crippen LogP) is 6.57. The first-order valence-electron chi connectivity index (χ1n) is 10.3. The second-order valence-corrected chi connectivity index (χ2v) is 8.95. The lowest BCUT2D eigenvalue weighted by Gasteiger charge is -2.26. The highest BCUT2D eigenvalue weighted by Crippen LogP contribution is 2.32. The summed E-state index contributed by atoms with van der Waals surface area (Å²) in [6.45, 7) is 2.03. The summed E-state index contributed by atoms with van der Waals surface area (Å²) in [6, 6.07) is 22.0. The average Bonchev–Trinajstić information content (AvgIpc) is 3.21. The Balaban J connectivity index is 1.34. The molecule has 0 aliphatic carbocycles. The lowest BCUT2D eigenvalue weighted by atomic mass is 10.0. The van der Waals surface area contributed by atoms with Gasteiger partial charge >= 0.3 is 5.97 Å². The van der Waals surface area contributed by atoms with Gasteiger partial charge < -0.3 is 19.3 Å². The van der Waals surface area contributed by atoms with Crippen molar-refractivity contribution in [2.45, 2.75) is 25.6 Å². The van der Waals surface area contributed by atoms with Crippen molar-refractivity contribution in [3.63, 3.8) is 0 Å². The van der Waals surface area contributed by atoms with Gasteiger partial charge in [-0.2, -0.15) is 0 Å². The molecule has 33 heavy (non-hydrogen) atoms. The molecule has 0 radical (unpaired) electrons. The Kier molecular flexibility index (Phi) is 7.13. The molecule has 1 atom stereocenters. The lowest BCUT2D eigenvalue weighted by molar-refractivity contribution is -0.155. The number of fused-ring (bicyclic) bond motifs is 1. The lowest BCUT2D eigenvalue weighted by Crippen LogP contribution is -2.42. The number of carboxylic acid groups (broad SMARTS) is 1. The molecular weight excluding hydrogens is 462 g/mol. The van der Waals surface area contributed by atoms with E-state index in [-0.39, 0.29) is 13.0 Å². The first-order valence-corrected chi connectivity index (χ1v) is 11.5. The molecule has 0 aliphatic rings. The van der Waals surface area contributed by atoms with Gasteiger partial charge in [0.25, 0.3) is 5.19 Å². The summed E-state index contributed by atoms with van der Waals surface area (Å²) in [5, 5.41) is 10.9. The summed E-state index contributed by atoms with van der Waals surface area (Å²) >= 11 is 7.58. The summed E-state index contributed by atoms with van der Waals surface area (Å²) in [4.78, 5) is 16.4. The van der Waals surface area contributed by atoms with E-state index < -0.39 is 11.6 Å². The number of aromatic nitrogens is 1. The van der Waals surface area contributed by atoms with Gasteiger partial charge in [-0.15, -0.1) is 0 Å². The summed E-state index contributed by atoms with van der Waals surface area (Å²) in [7, 11) is 0. The Bertz CT molecular complexity index is 1210. The minimum atomic E-state index is -1.45. The summed E-state index contributed by atoms with van der Waals surface area (Å²) in [5.41, 5.74) is 0.280. The topological polar surface area (TPSA) is 77.9 Å². The third kappa shape index (κ3) is 5.82. The van der Waals surface area contributed by atoms with Gasteiger partial charge in [0.05, 0.1) is 23.4 Å². The molecule has 0 amide bonds. The molecule has 0 fully saturated rings. The molecule has 0 saturated carbocycles. The average molecular weight is 484 g/mol. The molecule has 170 valence electrons. The van der Waals surface area contributed by atoms with Crippen LogP contribution in [0, 0.1) is 0 Å². The minimum Gasteiger partial charge on any atom is -0.478 e. The van der Waals surface area contributed by atoms with E-state index in [0.717, 1.165) is 15.8 Å². The van der Waals surface area contributed by atoms with Crippen molar-refractivity contribution in [3.8, 4) is 16.7 Å². The van der Waals surface area contributed by atoms with Crippen LogP contribution in [0.3, 0.4) is 0 Å². The van der Waals surface area contributed by atoms with Crippen molar-refractivity contribution < 1.29 is 24.1 Å². The number of thiazole rings is 1. The third-order valence-corrected chi connectivity index (χ3v) is 6.32. The zero-order chi connectivity index (χ0) is 23.3. The maximum atomic E-state index is 11.9. The number of halogens is 1. The van der Waals surface area contributed by atoms with E-state index in [1.54, 1.807) is 30.3 Å². The van der Waals surface area contributed by atoms with Crippen LogP contribution >= 0.6 is 22.9 Å². The first-order chi connectivity index (χ1) is 15.9. The molecule has 8 heteroatoms. The van der Waals surface area contributed by atoms with E-state index in [1.165, 1.54) is 18.3 Å². The van der Waals surface area contributed by atoms with Gasteiger partial charge in [0.15, 0.2) is 0 Å². The van der Waals surface area contributed by atoms with Crippen LogP contribution in [-0.2, 0) is 16.1 Å². The van der Waals surface area contributed by atoms with Crippen molar-refractivity contribution in [2.75, 3.05) is 6.61 Å². The number of benzene rings is 3. The molecule has 4 aromatic rings. The molecule has 1 N–H and O–H groups in total. The second kappa shape index (κ2) is 10.2. The van der Waals surface area contributed by atoms with Crippen molar-refractivity contribution in [1.29, 1.82) is 0 Å². The van der Waals surface area contributed by atoms with E-state index in [0.29, 0.717) is 28.3 Å². The fourth-order valence-corrected chi connectivity index (χ4v) is 4.12. The molecule has 6 nitrogen and oxygen atoms in total. The quantitative estimate of drug-likeness (QED) is 0.257. The number of nitrogens with zero attached hydrogens (tertiary/aromatic N) is 1. The van der Waals surface area contributed by atoms with Crippen LogP contribution in [0.2, 0.25) is 5.02 Å². The van der Waals surface area contributed by atoms with Crippen LogP contribution < -0.4 is 9.47 Å². The first kappa shape index (κ1) is 23.0. The van der Waals surface area contributed by atoms with Crippen LogP contribution in [0.4, 0.5) is 0 Å².